The number of ether oxygens (including phenoxy) is 1. The predicted octanol–water partition coefficient (Wildman–Crippen LogP) is -0.228. The number of carbonyl (C=O) groups is 2. The fourth-order valence-electron chi connectivity index (χ4n) is 0.986. The highest BCUT2D eigenvalue weighted by atomic mass is 16.5. The van der Waals surface area contributed by atoms with Gasteiger partial charge >= 0.3 is 12.0 Å². The molecule has 0 saturated carbocycles. The van der Waals surface area contributed by atoms with Crippen LogP contribution in [-0.2, 0) is 16.1 Å². The number of nitrogens with zero attached hydrogens (tertiary/aromatic N) is 1. The van der Waals surface area contributed by atoms with Crippen LogP contribution in [0.4, 0.5) is 4.79 Å². The van der Waals surface area contributed by atoms with Gasteiger partial charge in [0, 0.05) is 12.4 Å². The third-order valence-corrected chi connectivity index (χ3v) is 1.67. The highest BCUT2D eigenvalue weighted by Gasteiger charge is 2.05. The Balaban J connectivity index is 2.14. The van der Waals surface area contributed by atoms with Gasteiger partial charge in [-0.25, -0.2) is 9.78 Å². The van der Waals surface area contributed by atoms with Crippen LogP contribution in [0.2, 0.25) is 0 Å². The summed E-state index contributed by atoms with van der Waals surface area (Å²) in [7, 11) is 0. The van der Waals surface area contributed by atoms with E-state index in [1.165, 1.54) is 0 Å². The van der Waals surface area contributed by atoms with E-state index >= 15 is 0 Å². The Morgan fingerprint density at radius 3 is 2.94 bits per heavy atom. The van der Waals surface area contributed by atoms with Gasteiger partial charge in [0.15, 0.2) is 0 Å². The van der Waals surface area contributed by atoms with Crippen molar-refractivity contribution in [3.05, 3.63) is 18.2 Å². The molecule has 0 radical (unpaired) electrons. The molecule has 0 aliphatic rings. The van der Waals surface area contributed by atoms with Crippen LogP contribution in [0.5, 0.6) is 0 Å². The molecule has 0 spiro atoms. The number of imidazole rings is 1. The zero-order valence-electron chi connectivity index (χ0n) is 8.95. The van der Waals surface area contributed by atoms with Crippen LogP contribution in [0.25, 0.3) is 0 Å². The second kappa shape index (κ2) is 6.44. The Morgan fingerprint density at radius 1 is 1.50 bits per heavy atom. The molecular formula is C9H14N4O3. The van der Waals surface area contributed by atoms with Gasteiger partial charge in [0.2, 0.25) is 0 Å². The molecular weight excluding hydrogens is 212 g/mol. The average Bonchev–Trinajstić information content (AvgIpc) is 2.77. The lowest BCUT2D eigenvalue weighted by atomic mass is 10.6. The van der Waals surface area contributed by atoms with E-state index in [0.29, 0.717) is 12.4 Å². The van der Waals surface area contributed by atoms with Crippen molar-refractivity contribution >= 4 is 12.0 Å². The molecule has 16 heavy (non-hydrogen) atoms. The molecule has 3 N–H and O–H groups in total. The van der Waals surface area contributed by atoms with Gasteiger partial charge < -0.3 is 20.4 Å². The molecule has 0 aromatic carbocycles. The van der Waals surface area contributed by atoms with Gasteiger partial charge in [-0.05, 0) is 6.92 Å². The van der Waals surface area contributed by atoms with Crippen molar-refractivity contribution < 1.29 is 14.3 Å². The van der Waals surface area contributed by atoms with Crippen LogP contribution in [-0.4, -0.2) is 35.1 Å². The first kappa shape index (κ1) is 12.0. The lowest BCUT2D eigenvalue weighted by molar-refractivity contribution is -0.141. The summed E-state index contributed by atoms with van der Waals surface area (Å²) < 4.78 is 4.64. The summed E-state index contributed by atoms with van der Waals surface area (Å²) in [5, 5.41) is 4.89. The number of aromatic amines is 1. The first-order valence-electron chi connectivity index (χ1n) is 4.88. The second-order valence-electron chi connectivity index (χ2n) is 2.88. The molecule has 0 aliphatic carbocycles. The van der Waals surface area contributed by atoms with Gasteiger partial charge in [-0.3, -0.25) is 4.79 Å². The van der Waals surface area contributed by atoms with Crippen molar-refractivity contribution in [1.82, 2.24) is 20.6 Å². The molecule has 2 amide bonds. The zero-order chi connectivity index (χ0) is 11.8. The SMILES string of the molecule is CCOC(=O)CNC(=O)NCc1ncc[nH]1. The third kappa shape index (κ3) is 4.45. The van der Waals surface area contributed by atoms with E-state index in [9.17, 15) is 9.59 Å². The number of amides is 2. The fourth-order valence-corrected chi connectivity index (χ4v) is 0.986. The van der Waals surface area contributed by atoms with E-state index in [1.807, 2.05) is 0 Å². The van der Waals surface area contributed by atoms with Gasteiger partial charge in [0.1, 0.15) is 12.4 Å². The highest BCUT2D eigenvalue weighted by Crippen LogP contribution is 1.86. The van der Waals surface area contributed by atoms with Crippen LogP contribution in [0.3, 0.4) is 0 Å². The van der Waals surface area contributed by atoms with E-state index in [-0.39, 0.29) is 13.1 Å². The predicted molar refractivity (Wildman–Crippen MR) is 55.5 cm³/mol. The molecule has 1 aromatic heterocycles. The number of urea groups is 1. The van der Waals surface area contributed by atoms with E-state index in [1.54, 1.807) is 19.3 Å². The van der Waals surface area contributed by atoms with E-state index in [4.69, 9.17) is 0 Å². The van der Waals surface area contributed by atoms with Gasteiger partial charge in [-0.15, -0.1) is 0 Å². The summed E-state index contributed by atoms with van der Waals surface area (Å²) in [5.74, 6) is 0.182. The number of aromatic nitrogens is 2. The summed E-state index contributed by atoms with van der Waals surface area (Å²) in [6.07, 6.45) is 3.25. The Bertz CT molecular complexity index is 337. The quantitative estimate of drug-likeness (QED) is 0.604. The summed E-state index contributed by atoms with van der Waals surface area (Å²) in [6.45, 7) is 2.14. The van der Waals surface area contributed by atoms with Crippen LogP contribution >= 0.6 is 0 Å². The minimum absolute atomic E-state index is 0.141. The summed E-state index contributed by atoms with van der Waals surface area (Å²) in [5.41, 5.74) is 0. The van der Waals surface area contributed by atoms with Crippen LogP contribution in [0, 0.1) is 0 Å². The van der Waals surface area contributed by atoms with E-state index in [0.717, 1.165) is 0 Å². The summed E-state index contributed by atoms with van der Waals surface area (Å²) in [4.78, 5) is 28.8. The number of nitrogens with one attached hydrogen (secondary N) is 3. The number of carbonyl (C=O) groups excluding carboxylic acids is 2. The molecule has 1 rings (SSSR count). The lowest BCUT2D eigenvalue weighted by Crippen LogP contribution is -2.38. The number of H-pyrrole nitrogens is 1. The molecule has 0 atom stereocenters. The zero-order valence-corrected chi connectivity index (χ0v) is 8.95. The molecule has 0 unspecified atom stereocenters. The molecule has 88 valence electrons. The number of hydrogen-bond acceptors (Lipinski definition) is 4. The van der Waals surface area contributed by atoms with E-state index in [2.05, 4.69) is 25.3 Å². The molecule has 0 fully saturated rings. The number of hydrogen-bond donors (Lipinski definition) is 3. The smallest absolute Gasteiger partial charge is 0.325 e. The molecule has 0 bridgehead atoms. The topological polar surface area (TPSA) is 96.1 Å². The monoisotopic (exact) mass is 226 g/mol. The van der Waals surface area contributed by atoms with Crippen molar-refractivity contribution in [2.24, 2.45) is 0 Å². The van der Waals surface area contributed by atoms with Crippen molar-refractivity contribution in [1.29, 1.82) is 0 Å². The van der Waals surface area contributed by atoms with Crippen molar-refractivity contribution in [2.45, 2.75) is 13.5 Å². The number of esters is 1. The normalized spacial score (nSPS) is 9.56. The second-order valence-corrected chi connectivity index (χ2v) is 2.88. The molecule has 1 heterocycles. The first-order chi connectivity index (χ1) is 7.72. The average molecular weight is 226 g/mol. The Labute approximate surface area is 92.6 Å². The molecule has 1 aromatic rings. The maximum atomic E-state index is 11.2. The van der Waals surface area contributed by atoms with Gasteiger partial charge in [-0.1, -0.05) is 0 Å². The lowest BCUT2D eigenvalue weighted by Gasteiger charge is -2.05. The third-order valence-electron chi connectivity index (χ3n) is 1.67. The molecule has 7 heteroatoms. The van der Waals surface area contributed by atoms with Crippen molar-refractivity contribution in [3.63, 3.8) is 0 Å². The Kier molecular flexibility index (Phi) is 4.84. The number of rotatable bonds is 5. The largest absolute Gasteiger partial charge is 0.465 e. The minimum Gasteiger partial charge on any atom is -0.465 e. The van der Waals surface area contributed by atoms with Gasteiger partial charge in [0.05, 0.1) is 13.2 Å². The highest BCUT2D eigenvalue weighted by molar-refractivity contribution is 5.80. The summed E-state index contributed by atoms with van der Waals surface area (Å²) in [6, 6.07) is -0.440. The fraction of sp³-hybridized carbons (Fsp3) is 0.444. The van der Waals surface area contributed by atoms with Gasteiger partial charge in [0.25, 0.3) is 0 Å². The minimum atomic E-state index is -0.462. The van der Waals surface area contributed by atoms with Crippen LogP contribution in [0.1, 0.15) is 12.7 Å². The Morgan fingerprint density at radius 2 is 2.31 bits per heavy atom. The van der Waals surface area contributed by atoms with Crippen molar-refractivity contribution in [2.75, 3.05) is 13.2 Å². The molecule has 0 saturated heterocycles. The van der Waals surface area contributed by atoms with Crippen molar-refractivity contribution in [3.8, 4) is 0 Å². The first-order valence-corrected chi connectivity index (χ1v) is 4.88. The van der Waals surface area contributed by atoms with E-state index < -0.39 is 12.0 Å². The maximum Gasteiger partial charge on any atom is 0.325 e. The van der Waals surface area contributed by atoms with Crippen LogP contribution in [0.15, 0.2) is 12.4 Å². The summed E-state index contributed by atoms with van der Waals surface area (Å²) >= 11 is 0. The molecule has 0 aliphatic heterocycles. The maximum absolute atomic E-state index is 11.2. The van der Waals surface area contributed by atoms with Gasteiger partial charge in [-0.2, -0.15) is 0 Å². The van der Waals surface area contributed by atoms with Crippen LogP contribution < -0.4 is 10.6 Å². The molecule has 7 nitrogen and oxygen atoms in total. The Hall–Kier alpha value is -2.05. The standard InChI is InChI=1S/C9H14N4O3/c1-2-16-8(14)6-13-9(15)12-5-7-10-3-4-11-7/h3-4H,2,5-6H2,1H3,(H,10,11)(H2,12,13,15).